The van der Waals surface area contributed by atoms with Crippen LogP contribution < -0.4 is 4.74 Å². The summed E-state index contributed by atoms with van der Waals surface area (Å²) in [6, 6.07) is 20.0. The molecule has 0 unspecified atom stereocenters. The number of amides is 1. The summed E-state index contributed by atoms with van der Waals surface area (Å²) in [6.45, 7) is 1.84. The minimum absolute atomic E-state index is 0.0811. The summed E-state index contributed by atoms with van der Waals surface area (Å²) in [6.07, 6.45) is 1.89. The Bertz CT molecular complexity index is 1130. The van der Waals surface area contributed by atoms with Crippen molar-refractivity contribution in [2.75, 3.05) is 33.3 Å². The number of piperazine rings is 1. The lowest BCUT2D eigenvalue weighted by Gasteiger charge is -2.34. The number of sulfonamides is 1. The standard InChI is InChI=1S/C23H25N3O4S/c1-30-20-9-11-21(12-10-20)31(28,29)26-16-14-24(15-17-26)23(27)22-8-5-13-25(22)18-19-6-3-2-4-7-19/h2-13H,14-18H2,1H3. The molecule has 1 aliphatic heterocycles. The number of benzene rings is 2. The maximum atomic E-state index is 13.1. The number of carbonyl (C=O) groups is 1. The van der Waals surface area contributed by atoms with E-state index in [1.54, 1.807) is 29.2 Å². The molecular weight excluding hydrogens is 414 g/mol. The van der Waals surface area contributed by atoms with E-state index in [1.165, 1.54) is 11.4 Å². The lowest BCUT2D eigenvalue weighted by molar-refractivity contribution is 0.0687. The molecule has 0 atom stereocenters. The highest BCUT2D eigenvalue weighted by atomic mass is 32.2. The van der Waals surface area contributed by atoms with E-state index in [4.69, 9.17) is 4.74 Å². The molecule has 1 saturated heterocycles. The summed E-state index contributed by atoms with van der Waals surface area (Å²) in [5, 5.41) is 0. The largest absolute Gasteiger partial charge is 0.497 e. The van der Waals surface area contributed by atoms with Crippen LogP contribution in [0.5, 0.6) is 5.75 Å². The number of methoxy groups -OCH3 is 1. The van der Waals surface area contributed by atoms with Gasteiger partial charge in [0.05, 0.1) is 12.0 Å². The molecule has 1 aromatic heterocycles. The van der Waals surface area contributed by atoms with Crippen LogP contribution in [0.1, 0.15) is 16.1 Å². The van der Waals surface area contributed by atoms with Crippen molar-refractivity contribution in [1.82, 2.24) is 13.8 Å². The summed E-state index contributed by atoms with van der Waals surface area (Å²) in [5.74, 6) is 0.523. The van der Waals surface area contributed by atoms with Gasteiger partial charge < -0.3 is 14.2 Å². The van der Waals surface area contributed by atoms with Gasteiger partial charge in [-0.25, -0.2) is 8.42 Å². The van der Waals surface area contributed by atoms with Crippen molar-refractivity contribution in [1.29, 1.82) is 0 Å². The normalized spacial score (nSPS) is 15.1. The molecule has 0 saturated carbocycles. The van der Waals surface area contributed by atoms with Gasteiger partial charge in [-0.05, 0) is 42.0 Å². The molecule has 0 N–H and O–H groups in total. The number of hydrogen-bond acceptors (Lipinski definition) is 4. The molecule has 2 aromatic carbocycles. The lowest BCUT2D eigenvalue weighted by Crippen LogP contribution is -2.50. The number of aromatic nitrogens is 1. The highest BCUT2D eigenvalue weighted by Gasteiger charge is 2.31. The number of carbonyl (C=O) groups excluding carboxylic acids is 1. The minimum Gasteiger partial charge on any atom is -0.497 e. The molecule has 1 amide bonds. The van der Waals surface area contributed by atoms with Gasteiger partial charge in [-0.1, -0.05) is 30.3 Å². The molecular formula is C23H25N3O4S. The van der Waals surface area contributed by atoms with Gasteiger partial charge in [-0.2, -0.15) is 4.31 Å². The van der Waals surface area contributed by atoms with Crippen LogP contribution in [0.2, 0.25) is 0 Å². The summed E-state index contributed by atoms with van der Waals surface area (Å²) in [4.78, 5) is 15.0. The summed E-state index contributed by atoms with van der Waals surface area (Å²) >= 11 is 0. The van der Waals surface area contributed by atoms with Crippen LogP contribution in [0.3, 0.4) is 0 Å². The van der Waals surface area contributed by atoms with Gasteiger partial charge >= 0.3 is 0 Å². The first-order valence-corrected chi connectivity index (χ1v) is 11.6. The Morgan fingerprint density at radius 1 is 0.903 bits per heavy atom. The number of nitrogens with zero attached hydrogens (tertiary/aromatic N) is 3. The molecule has 31 heavy (non-hydrogen) atoms. The molecule has 2 heterocycles. The second kappa shape index (κ2) is 8.95. The van der Waals surface area contributed by atoms with Gasteiger partial charge in [0.2, 0.25) is 10.0 Å². The van der Waals surface area contributed by atoms with Crippen LogP contribution in [0, 0.1) is 0 Å². The second-order valence-corrected chi connectivity index (χ2v) is 9.32. The molecule has 0 spiro atoms. The number of ether oxygens (including phenoxy) is 1. The molecule has 162 valence electrons. The summed E-state index contributed by atoms with van der Waals surface area (Å²) in [7, 11) is -2.07. The summed E-state index contributed by atoms with van der Waals surface area (Å²) < 4.78 is 34.3. The molecule has 4 rings (SSSR count). The monoisotopic (exact) mass is 439 g/mol. The van der Waals surface area contributed by atoms with E-state index in [0.717, 1.165) is 5.56 Å². The predicted molar refractivity (Wildman–Crippen MR) is 118 cm³/mol. The fraction of sp³-hybridized carbons (Fsp3) is 0.261. The molecule has 7 nitrogen and oxygen atoms in total. The zero-order chi connectivity index (χ0) is 21.8. The zero-order valence-electron chi connectivity index (χ0n) is 17.3. The van der Waals surface area contributed by atoms with E-state index in [0.29, 0.717) is 31.1 Å². The summed E-state index contributed by atoms with van der Waals surface area (Å²) in [5.41, 5.74) is 1.72. The van der Waals surface area contributed by atoms with E-state index in [9.17, 15) is 13.2 Å². The maximum absolute atomic E-state index is 13.1. The smallest absolute Gasteiger partial charge is 0.270 e. The first-order valence-electron chi connectivity index (χ1n) is 10.1. The number of rotatable bonds is 6. The molecule has 1 aliphatic rings. The van der Waals surface area contributed by atoms with Crippen LogP contribution in [-0.2, 0) is 16.6 Å². The van der Waals surface area contributed by atoms with Crippen LogP contribution in [0.25, 0.3) is 0 Å². The highest BCUT2D eigenvalue weighted by Crippen LogP contribution is 2.21. The quantitative estimate of drug-likeness (QED) is 0.592. The third kappa shape index (κ3) is 4.50. The Balaban J connectivity index is 1.42. The first kappa shape index (κ1) is 21.1. The van der Waals surface area contributed by atoms with Crippen molar-refractivity contribution < 1.29 is 17.9 Å². The van der Waals surface area contributed by atoms with Crippen LogP contribution >= 0.6 is 0 Å². The van der Waals surface area contributed by atoms with Gasteiger partial charge in [0.25, 0.3) is 5.91 Å². The van der Waals surface area contributed by atoms with Gasteiger partial charge in [-0.15, -0.1) is 0 Å². The van der Waals surface area contributed by atoms with Crippen LogP contribution in [0.15, 0.2) is 77.8 Å². The van der Waals surface area contributed by atoms with Crippen molar-refractivity contribution >= 4 is 15.9 Å². The van der Waals surface area contributed by atoms with E-state index < -0.39 is 10.0 Å². The molecule has 1 fully saturated rings. The predicted octanol–water partition coefficient (Wildman–Crippen LogP) is 2.69. The van der Waals surface area contributed by atoms with Gasteiger partial charge in [0.1, 0.15) is 11.4 Å². The molecule has 0 bridgehead atoms. The highest BCUT2D eigenvalue weighted by molar-refractivity contribution is 7.89. The molecule has 0 aliphatic carbocycles. The van der Waals surface area contributed by atoms with Crippen molar-refractivity contribution in [3.63, 3.8) is 0 Å². The third-order valence-corrected chi connectivity index (χ3v) is 7.38. The Hall–Kier alpha value is -3.10. The fourth-order valence-corrected chi connectivity index (χ4v) is 5.14. The first-order chi connectivity index (χ1) is 15.0. The van der Waals surface area contributed by atoms with Crippen LogP contribution in [-0.4, -0.2) is 61.4 Å². The fourth-order valence-electron chi connectivity index (χ4n) is 3.72. The molecule has 8 heteroatoms. The topological polar surface area (TPSA) is 71.9 Å². The van der Waals surface area contributed by atoms with Gasteiger partial charge in [-0.3, -0.25) is 4.79 Å². The Labute approximate surface area is 182 Å². The average molecular weight is 440 g/mol. The van der Waals surface area contributed by atoms with E-state index in [1.807, 2.05) is 53.2 Å². The molecule has 3 aromatic rings. The number of hydrogen-bond donors (Lipinski definition) is 0. The van der Waals surface area contributed by atoms with E-state index in [-0.39, 0.29) is 23.9 Å². The van der Waals surface area contributed by atoms with E-state index in [2.05, 4.69) is 0 Å². The van der Waals surface area contributed by atoms with Crippen molar-refractivity contribution in [2.24, 2.45) is 0 Å². The minimum atomic E-state index is -3.60. The molecule has 0 radical (unpaired) electrons. The Morgan fingerprint density at radius 2 is 1.58 bits per heavy atom. The van der Waals surface area contributed by atoms with E-state index >= 15 is 0 Å². The van der Waals surface area contributed by atoms with Crippen molar-refractivity contribution in [3.05, 3.63) is 84.2 Å². The second-order valence-electron chi connectivity index (χ2n) is 7.38. The van der Waals surface area contributed by atoms with Crippen LogP contribution in [0.4, 0.5) is 0 Å². The third-order valence-electron chi connectivity index (χ3n) is 5.47. The average Bonchev–Trinajstić information content (AvgIpc) is 3.27. The Morgan fingerprint density at radius 3 is 2.23 bits per heavy atom. The SMILES string of the molecule is COc1ccc(S(=O)(=O)N2CCN(C(=O)c3cccn3Cc3ccccc3)CC2)cc1. The maximum Gasteiger partial charge on any atom is 0.270 e. The van der Waals surface area contributed by atoms with Crippen molar-refractivity contribution in [2.45, 2.75) is 11.4 Å². The lowest BCUT2D eigenvalue weighted by atomic mass is 10.2. The zero-order valence-corrected chi connectivity index (χ0v) is 18.2. The van der Waals surface area contributed by atoms with Gasteiger partial charge in [0.15, 0.2) is 0 Å². The Kier molecular flexibility index (Phi) is 6.11. The van der Waals surface area contributed by atoms with Crippen molar-refractivity contribution in [3.8, 4) is 5.75 Å². The van der Waals surface area contributed by atoms with Gasteiger partial charge in [0, 0.05) is 38.9 Å².